The lowest BCUT2D eigenvalue weighted by Gasteiger charge is -2.23. The maximum Gasteiger partial charge on any atom is 0.326 e. The first kappa shape index (κ1) is 25.1. The molecule has 162 valence electrons. The zero-order valence-electron chi connectivity index (χ0n) is 15.2. The number of carboxylic acid groups (broad SMARTS) is 1. The molecule has 0 aliphatic rings. The monoisotopic (exact) mass is 464 g/mol. The van der Waals surface area contributed by atoms with Crippen LogP contribution in [-0.2, 0) is 25.6 Å². The Kier molecular flexibility index (Phi) is 10.9. The third-order valence-corrected chi connectivity index (χ3v) is 4.88. The second-order valence-electron chi connectivity index (χ2n) is 5.96. The van der Waals surface area contributed by atoms with E-state index in [2.05, 4.69) is 63.8 Å². The molecule has 0 saturated carbocycles. The lowest BCUT2D eigenvalue weighted by atomic mass is 10.1. The van der Waals surface area contributed by atoms with E-state index in [9.17, 15) is 24.3 Å². The van der Waals surface area contributed by atoms with E-state index in [4.69, 9.17) is 5.73 Å². The molecule has 3 amide bonds. The molecular formula is C15H24N6O5S3. The second-order valence-corrected chi connectivity index (χ2v) is 7.05. The van der Waals surface area contributed by atoms with Gasteiger partial charge in [0.1, 0.15) is 18.1 Å². The first-order valence-corrected chi connectivity index (χ1v) is 10.3. The lowest BCUT2D eigenvalue weighted by molar-refractivity contribution is -0.142. The molecule has 1 aromatic heterocycles. The Hall–Kier alpha value is -1.90. The Balaban J connectivity index is 2.73. The number of hydrogen-bond acceptors (Lipinski definition) is 9. The number of carboxylic acids is 1. The summed E-state index contributed by atoms with van der Waals surface area (Å²) >= 11 is 12.0. The molecule has 1 heterocycles. The fourth-order valence-electron chi connectivity index (χ4n) is 2.11. The molecule has 0 fully saturated rings. The maximum absolute atomic E-state index is 12.4. The number of carbonyl (C=O) groups is 4. The normalized spacial score (nSPS) is 14.9. The van der Waals surface area contributed by atoms with Crippen molar-refractivity contribution in [1.82, 2.24) is 25.9 Å². The van der Waals surface area contributed by atoms with E-state index >= 15 is 0 Å². The number of aliphatic carboxylic acids is 1. The Morgan fingerprint density at radius 1 is 0.966 bits per heavy atom. The molecule has 1 rings (SSSR count). The Bertz CT molecular complexity index is 705. The van der Waals surface area contributed by atoms with Crippen LogP contribution >= 0.6 is 37.9 Å². The number of amides is 3. The van der Waals surface area contributed by atoms with E-state index in [1.165, 1.54) is 12.5 Å². The zero-order valence-corrected chi connectivity index (χ0v) is 17.9. The number of imidazole rings is 1. The van der Waals surface area contributed by atoms with Crippen molar-refractivity contribution in [3.63, 3.8) is 0 Å². The molecular weight excluding hydrogens is 440 g/mol. The van der Waals surface area contributed by atoms with Crippen molar-refractivity contribution >= 4 is 61.6 Å². The highest BCUT2D eigenvalue weighted by Crippen LogP contribution is 2.01. The van der Waals surface area contributed by atoms with E-state index in [1.807, 2.05) is 0 Å². The zero-order chi connectivity index (χ0) is 22.0. The van der Waals surface area contributed by atoms with Gasteiger partial charge < -0.3 is 31.8 Å². The van der Waals surface area contributed by atoms with Crippen LogP contribution in [0.1, 0.15) is 5.69 Å². The summed E-state index contributed by atoms with van der Waals surface area (Å²) in [5.74, 6) is -3.33. The first-order chi connectivity index (χ1) is 13.7. The predicted octanol–water partition coefficient (Wildman–Crippen LogP) is -2.39. The van der Waals surface area contributed by atoms with E-state index in [-0.39, 0.29) is 23.7 Å². The van der Waals surface area contributed by atoms with Crippen LogP contribution < -0.4 is 21.7 Å². The summed E-state index contributed by atoms with van der Waals surface area (Å²) < 4.78 is 0. The SMILES string of the molecule is N[C@@H](CS)C(=O)N[C@@H](CS)C(=O)N[C@@H](CS)C(=O)N[C@@H](Cc1cnc[nH]1)C(=O)O. The van der Waals surface area contributed by atoms with Crippen molar-refractivity contribution in [3.8, 4) is 0 Å². The van der Waals surface area contributed by atoms with E-state index in [0.717, 1.165) is 0 Å². The second kappa shape index (κ2) is 12.6. The summed E-state index contributed by atoms with van der Waals surface area (Å²) in [7, 11) is 0. The molecule has 0 bridgehead atoms. The fourth-order valence-corrected chi connectivity index (χ4v) is 2.79. The van der Waals surface area contributed by atoms with Crippen LogP contribution in [0.2, 0.25) is 0 Å². The number of aromatic amines is 1. The van der Waals surface area contributed by atoms with Crippen LogP contribution in [-0.4, -0.2) is 80.2 Å². The molecule has 0 unspecified atom stereocenters. The maximum atomic E-state index is 12.4. The molecule has 0 saturated heterocycles. The number of rotatable bonds is 12. The van der Waals surface area contributed by atoms with Crippen LogP contribution in [0.15, 0.2) is 12.5 Å². The van der Waals surface area contributed by atoms with Gasteiger partial charge in [-0.15, -0.1) is 0 Å². The first-order valence-electron chi connectivity index (χ1n) is 8.42. The number of hydrogen-bond donors (Lipinski definition) is 9. The summed E-state index contributed by atoms with van der Waals surface area (Å²) in [6.45, 7) is 0. The number of nitrogens with zero attached hydrogens (tertiary/aromatic N) is 1. The largest absolute Gasteiger partial charge is 0.480 e. The average molecular weight is 465 g/mol. The molecule has 0 aliphatic heterocycles. The Labute approximate surface area is 183 Å². The van der Waals surface area contributed by atoms with Gasteiger partial charge in [-0.3, -0.25) is 14.4 Å². The van der Waals surface area contributed by atoms with Gasteiger partial charge >= 0.3 is 5.97 Å². The third-order valence-electron chi connectivity index (χ3n) is 3.76. The highest BCUT2D eigenvalue weighted by Gasteiger charge is 2.29. The standard InChI is InChI=1S/C15H24N6O5S3/c16-8(3-27)12(22)20-10(4-28)14(24)21-11(5-29)13(23)19-9(15(25)26)1-7-2-17-6-18-7/h2,6,8-11,27-29H,1,3-5,16H2,(H,17,18)(H,19,23)(H,20,22)(H,21,24)(H,25,26)/t8-,9-,10-,11-/m0/s1. The van der Waals surface area contributed by atoms with Crippen molar-refractivity contribution in [2.45, 2.75) is 30.6 Å². The van der Waals surface area contributed by atoms with Crippen molar-refractivity contribution in [2.24, 2.45) is 5.73 Å². The fraction of sp³-hybridized carbons (Fsp3) is 0.533. The average Bonchev–Trinajstić information content (AvgIpc) is 3.21. The van der Waals surface area contributed by atoms with Gasteiger partial charge in [-0.2, -0.15) is 37.9 Å². The molecule has 0 spiro atoms. The minimum Gasteiger partial charge on any atom is -0.480 e. The van der Waals surface area contributed by atoms with Crippen molar-refractivity contribution in [1.29, 1.82) is 0 Å². The predicted molar refractivity (Wildman–Crippen MR) is 115 cm³/mol. The van der Waals surface area contributed by atoms with E-state index in [1.54, 1.807) is 0 Å². The Morgan fingerprint density at radius 2 is 1.48 bits per heavy atom. The number of nitrogens with one attached hydrogen (secondary N) is 4. The number of nitrogens with two attached hydrogens (primary N) is 1. The van der Waals surface area contributed by atoms with E-state index < -0.39 is 47.9 Å². The third kappa shape index (κ3) is 8.16. The summed E-state index contributed by atoms with van der Waals surface area (Å²) in [5.41, 5.74) is 6.07. The highest BCUT2D eigenvalue weighted by molar-refractivity contribution is 7.80. The molecule has 0 aromatic carbocycles. The number of carbonyl (C=O) groups excluding carboxylic acids is 3. The molecule has 0 radical (unpaired) electrons. The van der Waals surface area contributed by atoms with Gasteiger partial charge in [0, 0.05) is 35.6 Å². The lowest BCUT2D eigenvalue weighted by Crippen LogP contribution is -2.58. The summed E-state index contributed by atoms with van der Waals surface area (Å²) in [6.07, 6.45) is 2.80. The van der Waals surface area contributed by atoms with Gasteiger partial charge in [0.05, 0.1) is 12.4 Å². The van der Waals surface area contributed by atoms with Crippen LogP contribution in [0.3, 0.4) is 0 Å². The minimum absolute atomic E-state index is 0.0226. The Morgan fingerprint density at radius 3 is 1.90 bits per heavy atom. The molecule has 0 aliphatic carbocycles. The molecule has 11 nitrogen and oxygen atoms in total. The molecule has 14 heteroatoms. The van der Waals surface area contributed by atoms with Gasteiger partial charge in [-0.05, 0) is 0 Å². The molecule has 29 heavy (non-hydrogen) atoms. The topological polar surface area (TPSA) is 179 Å². The summed E-state index contributed by atoms with van der Waals surface area (Å²) in [5, 5.41) is 16.5. The molecule has 1 aromatic rings. The van der Waals surface area contributed by atoms with Gasteiger partial charge in [-0.25, -0.2) is 9.78 Å². The van der Waals surface area contributed by atoms with Gasteiger partial charge in [0.25, 0.3) is 0 Å². The number of aromatic nitrogens is 2. The summed E-state index contributed by atoms with van der Waals surface area (Å²) in [6, 6.07) is -4.33. The quantitative estimate of drug-likeness (QED) is 0.155. The van der Waals surface area contributed by atoms with Crippen molar-refractivity contribution in [2.75, 3.05) is 17.3 Å². The molecule has 7 N–H and O–H groups in total. The minimum atomic E-state index is -1.25. The van der Waals surface area contributed by atoms with E-state index in [0.29, 0.717) is 5.69 Å². The number of H-pyrrole nitrogens is 1. The van der Waals surface area contributed by atoms with Gasteiger partial charge in [0.2, 0.25) is 17.7 Å². The van der Waals surface area contributed by atoms with Crippen LogP contribution in [0.25, 0.3) is 0 Å². The van der Waals surface area contributed by atoms with Crippen LogP contribution in [0.5, 0.6) is 0 Å². The highest BCUT2D eigenvalue weighted by atomic mass is 32.1. The van der Waals surface area contributed by atoms with Gasteiger partial charge in [-0.1, -0.05) is 0 Å². The molecule has 4 atom stereocenters. The summed E-state index contributed by atoms with van der Waals surface area (Å²) in [4.78, 5) is 54.6. The smallest absolute Gasteiger partial charge is 0.326 e. The number of thiol groups is 3. The van der Waals surface area contributed by atoms with Crippen LogP contribution in [0, 0.1) is 0 Å². The van der Waals surface area contributed by atoms with Crippen molar-refractivity contribution < 1.29 is 24.3 Å². The van der Waals surface area contributed by atoms with Gasteiger partial charge in [0.15, 0.2) is 0 Å². The van der Waals surface area contributed by atoms with Crippen LogP contribution in [0.4, 0.5) is 0 Å². The van der Waals surface area contributed by atoms with Crippen molar-refractivity contribution in [3.05, 3.63) is 18.2 Å².